The number of aryl methyl sites for hydroxylation is 1. The molecule has 0 saturated heterocycles. The molecule has 30 heavy (non-hydrogen) atoms. The first-order valence-corrected chi connectivity index (χ1v) is 9.01. The summed E-state index contributed by atoms with van der Waals surface area (Å²) in [5.74, 6) is -0.400. The number of halogens is 3. The van der Waals surface area contributed by atoms with Crippen LogP contribution in [0.2, 0.25) is 0 Å². The van der Waals surface area contributed by atoms with Gasteiger partial charge in [-0.1, -0.05) is 41.1 Å². The van der Waals surface area contributed by atoms with Crippen molar-refractivity contribution in [3.05, 3.63) is 77.5 Å². The molecule has 0 radical (unpaired) electrons. The van der Waals surface area contributed by atoms with E-state index in [9.17, 15) is 18.4 Å². The van der Waals surface area contributed by atoms with Gasteiger partial charge in [-0.2, -0.15) is 18.3 Å². The molecule has 4 aromatic rings. The lowest BCUT2D eigenvalue weighted by Crippen LogP contribution is -2.17. The zero-order valence-corrected chi connectivity index (χ0v) is 15.8. The second-order valence-corrected chi connectivity index (χ2v) is 6.97. The van der Waals surface area contributed by atoms with Crippen molar-refractivity contribution < 1.29 is 18.4 Å². The Morgan fingerprint density at radius 2 is 1.87 bits per heavy atom. The second kappa shape index (κ2) is 7.22. The smallest absolute Gasteiger partial charge is 0.409 e. The molecule has 0 fully saturated rings. The molecule has 1 heterocycles. The highest BCUT2D eigenvalue weighted by Crippen LogP contribution is 2.41. The minimum absolute atomic E-state index is 0.000200. The van der Waals surface area contributed by atoms with E-state index < -0.39 is 17.6 Å². The van der Waals surface area contributed by atoms with Crippen molar-refractivity contribution >= 4 is 16.7 Å². The van der Waals surface area contributed by atoms with Crippen molar-refractivity contribution in [2.24, 2.45) is 10.9 Å². The molecule has 4 N–H and O–H groups in total. The van der Waals surface area contributed by atoms with Gasteiger partial charge in [-0.3, -0.25) is 5.10 Å². The normalized spacial score (nSPS) is 12.5. The molecular weight excluding hydrogens is 393 g/mol. The first-order valence-electron chi connectivity index (χ1n) is 9.01. The average Bonchev–Trinajstić information content (AvgIpc) is 3.19. The fourth-order valence-electron chi connectivity index (χ4n) is 3.51. The standard InChI is InChI=1S/C22H17F3N4O/c1-12-3-2-4-14(7-12)20-17(13-5-6-19-15(8-13)11-27-28-19)9-16(22(23,24)25)10-18(20)21(26)29-30/h2-11,30H,1H3,(H2,26,29)(H,27,28). The number of nitrogens with zero attached hydrogens (tertiary/aromatic N) is 2. The molecule has 0 spiro atoms. The van der Waals surface area contributed by atoms with Gasteiger partial charge in [0.15, 0.2) is 5.84 Å². The Balaban J connectivity index is 2.12. The Morgan fingerprint density at radius 1 is 1.07 bits per heavy atom. The third kappa shape index (κ3) is 3.47. The summed E-state index contributed by atoms with van der Waals surface area (Å²) in [6.45, 7) is 1.88. The van der Waals surface area contributed by atoms with E-state index in [2.05, 4.69) is 15.4 Å². The molecule has 0 amide bonds. The predicted molar refractivity (Wildman–Crippen MR) is 109 cm³/mol. The van der Waals surface area contributed by atoms with Crippen LogP contribution < -0.4 is 5.73 Å². The largest absolute Gasteiger partial charge is 0.416 e. The van der Waals surface area contributed by atoms with Gasteiger partial charge in [0.05, 0.1) is 17.3 Å². The molecule has 0 bridgehead atoms. The predicted octanol–water partition coefficient (Wildman–Crippen LogP) is 5.32. The maximum atomic E-state index is 13.7. The lowest BCUT2D eigenvalue weighted by atomic mass is 9.87. The third-order valence-corrected chi connectivity index (χ3v) is 4.91. The number of hydrogen-bond acceptors (Lipinski definition) is 3. The van der Waals surface area contributed by atoms with Crippen LogP contribution in [0.25, 0.3) is 33.2 Å². The molecule has 3 aromatic carbocycles. The number of oxime groups is 1. The minimum Gasteiger partial charge on any atom is -0.409 e. The molecule has 0 aliphatic rings. The summed E-state index contributed by atoms with van der Waals surface area (Å²) in [5, 5.41) is 19.8. The van der Waals surface area contributed by atoms with Gasteiger partial charge < -0.3 is 10.9 Å². The molecule has 152 valence electrons. The number of H-pyrrole nitrogens is 1. The Hall–Kier alpha value is -3.81. The molecular formula is C22H17F3N4O. The van der Waals surface area contributed by atoms with Gasteiger partial charge in [0.1, 0.15) is 0 Å². The number of benzene rings is 3. The van der Waals surface area contributed by atoms with Crippen LogP contribution in [0.4, 0.5) is 13.2 Å². The molecule has 0 atom stereocenters. The van der Waals surface area contributed by atoms with Crippen molar-refractivity contribution in [1.82, 2.24) is 10.2 Å². The van der Waals surface area contributed by atoms with Gasteiger partial charge in [0.2, 0.25) is 0 Å². The zero-order valence-electron chi connectivity index (χ0n) is 15.8. The van der Waals surface area contributed by atoms with E-state index in [1.54, 1.807) is 36.5 Å². The van der Waals surface area contributed by atoms with E-state index in [1.807, 2.05) is 19.1 Å². The van der Waals surface area contributed by atoms with Crippen LogP contribution in [0.3, 0.4) is 0 Å². The first-order chi connectivity index (χ1) is 14.3. The maximum absolute atomic E-state index is 13.7. The Morgan fingerprint density at radius 3 is 2.57 bits per heavy atom. The number of aromatic amines is 1. The molecule has 1 aromatic heterocycles. The van der Waals surface area contributed by atoms with Crippen molar-refractivity contribution in [3.8, 4) is 22.3 Å². The van der Waals surface area contributed by atoms with Gasteiger partial charge in [-0.05, 0) is 47.9 Å². The summed E-state index contributed by atoms with van der Waals surface area (Å²) >= 11 is 0. The van der Waals surface area contributed by atoms with Crippen LogP contribution >= 0.6 is 0 Å². The lowest BCUT2D eigenvalue weighted by Gasteiger charge is -2.19. The number of hydrogen-bond donors (Lipinski definition) is 3. The minimum atomic E-state index is -4.61. The quantitative estimate of drug-likeness (QED) is 0.185. The van der Waals surface area contributed by atoms with E-state index in [0.29, 0.717) is 22.3 Å². The number of aromatic nitrogens is 2. The Labute approximate surface area is 169 Å². The molecule has 0 saturated carbocycles. The van der Waals surface area contributed by atoms with Gasteiger partial charge >= 0.3 is 6.18 Å². The van der Waals surface area contributed by atoms with E-state index in [-0.39, 0.29) is 5.56 Å². The van der Waals surface area contributed by atoms with Crippen molar-refractivity contribution in [2.45, 2.75) is 13.1 Å². The summed E-state index contributed by atoms with van der Waals surface area (Å²) in [4.78, 5) is 0. The van der Waals surface area contributed by atoms with E-state index in [1.165, 1.54) is 0 Å². The fraction of sp³-hybridized carbons (Fsp3) is 0.0909. The van der Waals surface area contributed by atoms with Gasteiger partial charge in [-0.25, -0.2) is 0 Å². The molecule has 5 nitrogen and oxygen atoms in total. The number of nitrogens with two attached hydrogens (primary N) is 1. The van der Waals surface area contributed by atoms with E-state index in [0.717, 1.165) is 28.6 Å². The van der Waals surface area contributed by atoms with Gasteiger partial charge in [0.25, 0.3) is 0 Å². The average molecular weight is 410 g/mol. The summed E-state index contributed by atoms with van der Waals surface area (Å²) in [7, 11) is 0. The summed E-state index contributed by atoms with van der Waals surface area (Å²) in [5.41, 5.74) is 8.61. The van der Waals surface area contributed by atoms with E-state index in [4.69, 9.17) is 5.73 Å². The summed E-state index contributed by atoms with van der Waals surface area (Å²) in [6, 6.07) is 14.5. The van der Waals surface area contributed by atoms with E-state index >= 15 is 0 Å². The second-order valence-electron chi connectivity index (χ2n) is 6.97. The molecule has 0 unspecified atom stereocenters. The fourth-order valence-corrected chi connectivity index (χ4v) is 3.51. The highest BCUT2D eigenvalue weighted by Gasteiger charge is 2.33. The highest BCUT2D eigenvalue weighted by molar-refractivity contribution is 6.07. The van der Waals surface area contributed by atoms with Crippen LogP contribution in [0.1, 0.15) is 16.7 Å². The Kier molecular flexibility index (Phi) is 4.69. The number of alkyl halides is 3. The number of nitrogens with one attached hydrogen (secondary N) is 1. The molecule has 4 rings (SSSR count). The number of fused-ring (bicyclic) bond motifs is 1. The molecule has 0 aliphatic carbocycles. The van der Waals surface area contributed by atoms with Crippen molar-refractivity contribution in [3.63, 3.8) is 0 Å². The first kappa shape index (κ1) is 19.5. The van der Waals surface area contributed by atoms with Crippen LogP contribution in [0.5, 0.6) is 0 Å². The van der Waals surface area contributed by atoms with Gasteiger partial charge in [0, 0.05) is 16.5 Å². The monoisotopic (exact) mass is 410 g/mol. The van der Waals surface area contributed by atoms with Crippen LogP contribution in [-0.2, 0) is 6.18 Å². The zero-order chi connectivity index (χ0) is 21.5. The van der Waals surface area contributed by atoms with Crippen molar-refractivity contribution in [2.75, 3.05) is 0 Å². The lowest BCUT2D eigenvalue weighted by molar-refractivity contribution is -0.137. The maximum Gasteiger partial charge on any atom is 0.416 e. The topological polar surface area (TPSA) is 87.3 Å². The van der Waals surface area contributed by atoms with Crippen LogP contribution in [0, 0.1) is 6.92 Å². The SMILES string of the molecule is Cc1cccc(-c2c(/C(N)=N/O)cc(C(F)(F)F)cc2-c2ccc3[nH]ncc3c2)c1. The summed E-state index contributed by atoms with van der Waals surface area (Å²) in [6.07, 6.45) is -3.01. The van der Waals surface area contributed by atoms with Crippen LogP contribution in [0.15, 0.2) is 65.9 Å². The highest BCUT2D eigenvalue weighted by atomic mass is 19.4. The van der Waals surface area contributed by atoms with Gasteiger partial charge in [-0.15, -0.1) is 0 Å². The number of amidine groups is 1. The van der Waals surface area contributed by atoms with Crippen LogP contribution in [-0.4, -0.2) is 21.2 Å². The van der Waals surface area contributed by atoms with Crippen molar-refractivity contribution in [1.29, 1.82) is 0 Å². The molecule has 0 aliphatic heterocycles. The third-order valence-electron chi connectivity index (χ3n) is 4.91. The Bertz CT molecular complexity index is 1280. The number of rotatable bonds is 3. The molecule has 8 heteroatoms. The summed E-state index contributed by atoms with van der Waals surface area (Å²) < 4.78 is 41.0.